The largest absolute Gasteiger partial charge is 0.433 e. The second kappa shape index (κ2) is 5.35. The summed E-state index contributed by atoms with van der Waals surface area (Å²) in [6.45, 7) is -2.86. The Morgan fingerprint density at radius 1 is 0.944 bits per heavy atom. The summed E-state index contributed by atoms with van der Waals surface area (Å²) >= 11 is 0. The molecule has 2 rings (SSSR count). The Morgan fingerprint density at radius 3 is 2.22 bits per heavy atom. The molecule has 0 saturated carbocycles. The molecule has 0 spiro atoms. The number of nitrogens with two attached hydrogens (primary N) is 1. The van der Waals surface area contributed by atoms with Crippen LogP contribution >= 0.6 is 0 Å². The topological polar surface area (TPSA) is 47.3 Å². The van der Waals surface area contributed by atoms with Crippen molar-refractivity contribution in [1.29, 1.82) is 0 Å². The third-order valence-electron chi connectivity index (χ3n) is 2.33. The Balaban J connectivity index is 2.26. The first-order chi connectivity index (χ1) is 8.66. The highest BCUT2D eigenvalue weighted by Crippen LogP contribution is 2.30. The molecule has 3 N–H and O–H groups in total. The molecule has 18 heavy (non-hydrogen) atoms. The maximum Gasteiger partial charge on any atom is 0.387 e. The van der Waals surface area contributed by atoms with Gasteiger partial charge in [-0.15, -0.1) is 0 Å². The van der Waals surface area contributed by atoms with Crippen LogP contribution in [0.25, 0.3) is 0 Å². The van der Waals surface area contributed by atoms with Crippen molar-refractivity contribution in [2.75, 3.05) is 11.1 Å². The molecule has 0 unspecified atom stereocenters. The van der Waals surface area contributed by atoms with E-state index in [9.17, 15) is 8.78 Å². The summed E-state index contributed by atoms with van der Waals surface area (Å²) in [4.78, 5) is 0. The maximum absolute atomic E-state index is 12.2. The van der Waals surface area contributed by atoms with Crippen LogP contribution in [0.3, 0.4) is 0 Å². The number of alkyl halides is 2. The Morgan fingerprint density at radius 2 is 1.56 bits per heavy atom. The molecule has 3 nitrogen and oxygen atoms in total. The van der Waals surface area contributed by atoms with Crippen molar-refractivity contribution in [1.82, 2.24) is 0 Å². The molecule has 94 valence electrons. The van der Waals surface area contributed by atoms with E-state index >= 15 is 0 Å². The molecule has 0 aliphatic rings. The van der Waals surface area contributed by atoms with Crippen LogP contribution in [0.5, 0.6) is 5.75 Å². The summed E-state index contributed by atoms with van der Waals surface area (Å²) in [6.07, 6.45) is 0. The molecule has 0 aliphatic carbocycles. The Kier molecular flexibility index (Phi) is 3.62. The van der Waals surface area contributed by atoms with E-state index < -0.39 is 6.61 Å². The Bertz CT molecular complexity index is 532. The first-order valence-corrected chi connectivity index (χ1v) is 5.32. The lowest BCUT2D eigenvalue weighted by Crippen LogP contribution is -2.04. The van der Waals surface area contributed by atoms with E-state index in [1.165, 1.54) is 6.07 Å². The van der Waals surface area contributed by atoms with Crippen LogP contribution in [0.2, 0.25) is 0 Å². The highest BCUT2D eigenvalue weighted by molar-refractivity contribution is 5.75. The van der Waals surface area contributed by atoms with Gasteiger partial charge in [0.05, 0.1) is 17.1 Å². The standard InChI is InChI=1S/C13H12F2N2O/c14-13(15)18-12-8-4-3-7-11(12)17-10-6-2-1-5-9(10)16/h1-8,13,17H,16H2. The monoisotopic (exact) mass is 250 g/mol. The fourth-order valence-electron chi connectivity index (χ4n) is 1.52. The van der Waals surface area contributed by atoms with Crippen molar-refractivity contribution in [2.45, 2.75) is 6.61 Å². The minimum absolute atomic E-state index is 0.0794. The SMILES string of the molecule is Nc1ccccc1Nc1ccccc1OC(F)F. The molecule has 0 fully saturated rings. The van der Waals surface area contributed by atoms with Crippen LogP contribution in [0.4, 0.5) is 25.8 Å². The first kappa shape index (κ1) is 12.2. The molecule has 0 saturated heterocycles. The van der Waals surface area contributed by atoms with E-state index in [0.717, 1.165) is 0 Å². The average Bonchev–Trinajstić information content (AvgIpc) is 2.34. The summed E-state index contributed by atoms with van der Waals surface area (Å²) in [6, 6.07) is 13.5. The van der Waals surface area contributed by atoms with E-state index in [-0.39, 0.29) is 5.75 Å². The Labute approximate surface area is 103 Å². The van der Waals surface area contributed by atoms with Gasteiger partial charge < -0.3 is 15.8 Å². The molecular formula is C13H12F2N2O. The van der Waals surface area contributed by atoms with Gasteiger partial charge in [0.25, 0.3) is 0 Å². The normalized spacial score (nSPS) is 10.4. The van der Waals surface area contributed by atoms with E-state index in [0.29, 0.717) is 17.1 Å². The van der Waals surface area contributed by atoms with Crippen LogP contribution in [0.1, 0.15) is 0 Å². The van der Waals surface area contributed by atoms with Crippen LogP contribution in [0, 0.1) is 0 Å². The summed E-state index contributed by atoms with van der Waals surface area (Å²) in [5.41, 5.74) is 7.38. The molecule has 2 aromatic carbocycles. The summed E-state index contributed by atoms with van der Waals surface area (Å²) in [5, 5.41) is 2.96. The van der Waals surface area contributed by atoms with Gasteiger partial charge in [-0.05, 0) is 24.3 Å². The van der Waals surface area contributed by atoms with E-state index in [4.69, 9.17) is 5.73 Å². The van der Waals surface area contributed by atoms with E-state index in [1.807, 2.05) is 0 Å². The zero-order valence-electron chi connectivity index (χ0n) is 9.44. The van der Waals surface area contributed by atoms with Gasteiger partial charge in [-0.25, -0.2) is 0 Å². The predicted octanol–water partition coefficient (Wildman–Crippen LogP) is 3.61. The average molecular weight is 250 g/mol. The zero-order chi connectivity index (χ0) is 13.0. The second-order valence-corrected chi connectivity index (χ2v) is 3.59. The van der Waals surface area contributed by atoms with Gasteiger partial charge in [-0.2, -0.15) is 8.78 Å². The number of benzene rings is 2. The van der Waals surface area contributed by atoms with Crippen molar-refractivity contribution in [3.8, 4) is 5.75 Å². The van der Waals surface area contributed by atoms with Crippen LogP contribution < -0.4 is 15.8 Å². The molecule has 0 aromatic heterocycles. The van der Waals surface area contributed by atoms with Crippen molar-refractivity contribution in [2.24, 2.45) is 0 Å². The number of hydrogen-bond acceptors (Lipinski definition) is 3. The maximum atomic E-state index is 12.2. The van der Waals surface area contributed by atoms with Crippen molar-refractivity contribution in [3.05, 3.63) is 48.5 Å². The molecule has 0 radical (unpaired) electrons. The number of nitrogens with one attached hydrogen (secondary N) is 1. The number of hydrogen-bond donors (Lipinski definition) is 2. The number of halogens is 2. The summed E-state index contributed by atoms with van der Waals surface area (Å²) in [5.74, 6) is 0.0794. The van der Waals surface area contributed by atoms with Gasteiger partial charge in [0.15, 0.2) is 0 Å². The van der Waals surface area contributed by atoms with Crippen LogP contribution in [-0.4, -0.2) is 6.61 Å². The highest BCUT2D eigenvalue weighted by Gasteiger charge is 2.09. The smallest absolute Gasteiger partial charge is 0.387 e. The number of anilines is 3. The fourth-order valence-corrected chi connectivity index (χ4v) is 1.52. The van der Waals surface area contributed by atoms with Gasteiger partial charge in [-0.3, -0.25) is 0 Å². The van der Waals surface area contributed by atoms with Gasteiger partial charge in [0.1, 0.15) is 5.75 Å². The van der Waals surface area contributed by atoms with Crippen LogP contribution in [-0.2, 0) is 0 Å². The minimum atomic E-state index is -2.86. The molecule has 2 aromatic rings. The van der Waals surface area contributed by atoms with Gasteiger partial charge in [-0.1, -0.05) is 24.3 Å². The molecular weight excluding hydrogens is 238 g/mol. The number of rotatable bonds is 4. The van der Waals surface area contributed by atoms with E-state index in [2.05, 4.69) is 10.1 Å². The lowest BCUT2D eigenvalue weighted by atomic mass is 10.2. The van der Waals surface area contributed by atoms with Gasteiger partial charge in [0.2, 0.25) is 0 Å². The van der Waals surface area contributed by atoms with Crippen molar-refractivity contribution < 1.29 is 13.5 Å². The molecule has 0 heterocycles. The molecule has 0 amide bonds. The van der Waals surface area contributed by atoms with Crippen molar-refractivity contribution in [3.63, 3.8) is 0 Å². The quantitative estimate of drug-likeness (QED) is 0.815. The highest BCUT2D eigenvalue weighted by atomic mass is 19.3. The summed E-state index contributed by atoms with van der Waals surface area (Å²) < 4.78 is 28.9. The third kappa shape index (κ3) is 2.88. The minimum Gasteiger partial charge on any atom is -0.433 e. The number of para-hydroxylation sites is 4. The van der Waals surface area contributed by atoms with Crippen LogP contribution in [0.15, 0.2) is 48.5 Å². The van der Waals surface area contributed by atoms with Gasteiger partial charge >= 0.3 is 6.61 Å². The second-order valence-electron chi connectivity index (χ2n) is 3.59. The molecule has 5 heteroatoms. The van der Waals surface area contributed by atoms with Gasteiger partial charge in [0, 0.05) is 0 Å². The third-order valence-corrected chi connectivity index (χ3v) is 2.33. The molecule has 0 bridgehead atoms. The first-order valence-electron chi connectivity index (χ1n) is 5.32. The Hall–Kier alpha value is -2.30. The van der Waals surface area contributed by atoms with E-state index in [1.54, 1.807) is 42.5 Å². The molecule has 0 aliphatic heterocycles. The molecule has 0 atom stereocenters. The fraction of sp³-hybridized carbons (Fsp3) is 0.0769. The lowest BCUT2D eigenvalue weighted by molar-refractivity contribution is -0.0493. The zero-order valence-corrected chi connectivity index (χ0v) is 9.44. The number of ether oxygens (including phenoxy) is 1. The number of nitrogen functional groups attached to an aromatic ring is 1. The van der Waals surface area contributed by atoms with Crippen molar-refractivity contribution >= 4 is 17.1 Å². The predicted molar refractivity (Wildman–Crippen MR) is 67.2 cm³/mol. The lowest BCUT2D eigenvalue weighted by Gasteiger charge is -2.13. The summed E-state index contributed by atoms with van der Waals surface area (Å²) in [7, 11) is 0.